The maximum absolute atomic E-state index is 11.9. The Hall–Kier alpha value is -2.11. The van der Waals surface area contributed by atoms with Crippen LogP contribution in [0.5, 0.6) is 5.75 Å². The third-order valence-corrected chi connectivity index (χ3v) is 1.92. The molecule has 0 unspecified atom stereocenters. The zero-order chi connectivity index (χ0) is 13.9. The van der Waals surface area contributed by atoms with Crippen LogP contribution in [0.1, 0.15) is 41.6 Å². The Kier molecular flexibility index (Phi) is 3.90. The van der Waals surface area contributed by atoms with Crippen molar-refractivity contribution in [2.75, 3.05) is 7.11 Å². The van der Waals surface area contributed by atoms with Gasteiger partial charge in [0, 0.05) is 0 Å². The fourth-order valence-corrected chi connectivity index (χ4v) is 1.22. The fourth-order valence-electron chi connectivity index (χ4n) is 1.22. The van der Waals surface area contributed by atoms with Gasteiger partial charge in [0.05, 0.1) is 18.9 Å². The number of methoxy groups -OCH3 is 1. The number of carboxylic acids is 1. The van der Waals surface area contributed by atoms with Crippen LogP contribution in [0, 0.1) is 0 Å². The van der Waals surface area contributed by atoms with Crippen LogP contribution in [0.25, 0.3) is 0 Å². The molecule has 0 saturated heterocycles. The molecule has 1 rings (SSSR count). The first-order chi connectivity index (χ1) is 8.24. The van der Waals surface area contributed by atoms with Crippen LogP contribution in [-0.2, 0) is 4.74 Å². The van der Waals surface area contributed by atoms with Gasteiger partial charge in [-0.2, -0.15) is 0 Å². The Labute approximate surface area is 105 Å². The van der Waals surface area contributed by atoms with Gasteiger partial charge in [-0.25, -0.2) is 14.6 Å². The van der Waals surface area contributed by atoms with Crippen molar-refractivity contribution in [3.05, 3.63) is 23.5 Å². The Morgan fingerprint density at radius 2 is 1.94 bits per heavy atom. The average Bonchev–Trinajstić information content (AvgIpc) is 2.25. The normalized spacial score (nSPS) is 10.9. The summed E-state index contributed by atoms with van der Waals surface area (Å²) in [6, 6.07) is 1.30. The Morgan fingerprint density at radius 1 is 1.33 bits per heavy atom. The van der Waals surface area contributed by atoms with Crippen LogP contribution >= 0.6 is 0 Å². The van der Waals surface area contributed by atoms with Gasteiger partial charge in [0.15, 0.2) is 5.69 Å². The third-order valence-electron chi connectivity index (χ3n) is 1.92. The van der Waals surface area contributed by atoms with Crippen molar-refractivity contribution < 1.29 is 24.2 Å². The summed E-state index contributed by atoms with van der Waals surface area (Å²) in [4.78, 5) is 26.5. The Bertz CT molecular complexity index is 476. The summed E-state index contributed by atoms with van der Waals surface area (Å²) in [5.74, 6) is -1.74. The molecule has 0 aliphatic carbocycles. The molecule has 1 aromatic heterocycles. The Balaban J connectivity index is 3.19. The van der Waals surface area contributed by atoms with Gasteiger partial charge in [0.2, 0.25) is 0 Å². The summed E-state index contributed by atoms with van der Waals surface area (Å²) in [7, 11) is 1.40. The summed E-state index contributed by atoms with van der Waals surface area (Å²) >= 11 is 0. The first kappa shape index (κ1) is 14.0. The van der Waals surface area contributed by atoms with E-state index in [1.807, 2.05) is 0 Å². The second kappa shape index (κ2) is 5.03. The number of pyridine rings is 1. The molecule has 18 heavy (non-hydrogen) atoms. The molecular weight excluding hydrogens is 238 g/mol. The molecule has 0 spiro atoms. The maximum Gasteiger partial charge on any atom is 0.355 e. The molecular formula is C12H15NO5. The molecule has 1 N–H and O–H groups in total. The van der Waals surface area contributed by atoms with Crippen LogP contribution in [0.4, 0.5) is 0 Å². The van der Waals surface area contributed by atoms with Crippen LogP contribution in [0.3, 0.4) is 0 Å². The zero-order valence-electron chi connectivity index (χ0n) is 10.7. The lowest BCUT2D eigenvalue weighted by Crippen LogP contribution is -2.25. The summed E-state index contributed by atoms with van der Waals surface area (Å²) in [6.45, 7) is 5.08. The highest BCUT2D eigenvalue weighted by molar-refractivity contribution is 6.01. The highest BCUT2D eigenvalue weighted by atomic mass is 16.6. The number of carboxylic acid groups (broad SMARTS) is 1. The van der Waals surface area contributed by atoms with E-state index in [2.05, 4.69) is 4.98 Å². The molecule has 0 aromatic carbocycles. The van der Waals surface area contributed by atoms with Gasteiger partial charge in [-0.05, 0) is 26.8 Å². The van der Waals surface area contributed by atoms with Crippen molar-refractivity contribution in [1.82, 2.24) is 4.98 Å². The summed E-state index contributed by atoms with van der Waals surface area (Å²) in [6.07, 6.45) is 1.23. The van der Waals surface area contributed by atoms with Gasteiger partial charge in [0.1, 0.15) is 11.4 Å². The largest absolute Gasteiger partial charge is 0.495 e. The number of rotatable bonds is 3. The van der Waals surface area contributed by atoms with Crippen LogP contribution in [0.2, 0.25) is 0 Å². The van der Waals surface area contributed by atoms with E-state index in [0.717, 1.165) is 0 Å². The number of carbonyl (C=O) groups is 2. The molecule has 0 amide bonds. The number of esters is 1. The SMILES string of the molecule is COc1cnc(C(=O)O)c(C(=O)OC(C)(C)C)c1. The molecule has 98 valence electrons. The van der Waals surface area contributed by atoms with Crippen LogP contribution < -0.4 is 4.74 Å². The van der Waals surface area contributed by atoms with Crippen molar-refractivity contribution in [3.8, 4) is 5.75 Å². The van der Waals surface area contributed by atoms with Gasteiger partial charge in [-0.3, -0.25) is 0 Å². The number of aromatic nitrogens is 1. The van der Waals surface area contributed by atoms with Gasteiger partial charge >= 0.3 is 11.9 Å². The Morgan fingerprint density at radius 3 is 2.39 bits per heavy atom. The van der Waals surface area contributed by atoms with E-state index in [0.29, 0.717) is 5.75 Å². The molecule has 0 bridgehead atoms. The van der Waals surface area contributed by atoms with Crippen molar-refractivity contribution in [3.63, 3.8) is 0 Å². The minimum absolute atomic E-state index is 0.128. The topological polar surface area (TPSA) is 85.7 Å². The van der Waals surface area contributed by atoms with E-state index < -0.39 is 17.5 Å². The maximum atomic E-state index is 11.9. The minimum atomic E-state index is -1.29. The lowest BCUT2D eigenvalue weighted by molar-refractivity contribution is 0.00647. The van der Waals surface area contributed by atoms with Crippen LogP contribution in [-0.4, -0.2) is 34.7 Å². The van der Waals surface area contributed by atoms with E-state index in [4.69, 9.17) is 14.6 Å². The number of carbonyl (C=O) groups excluding carboxylic acids is 1. The smallest absolute Gasteiger partial charge is 0.355 e. The van der Waals surface area contributed by atoms with Gasteiger partial charge in [0.25, 0.3) is 0 Å². The molecule has 0 saturated carbocycles. The summed E-state index contributed by atoms with van der Waals surface area (Å²) in [5, 5.41) is 8.97. The number of hydrogen-bond acceptors (Lipinski definition) is 5. The first-order valence-electron chi connectivity index (χ1n) is 5.25. The molecule has 0 aliphatic rings. The molecule has 6 heteroatoms. The second-order valence-electron chi connectivity index (χ2n) is 4.58. The van der Waals surface area contributed by atoms with Crippen molar-refractivity contribution >= 4 is 11.9 Å². The van der Waals surface area contributed by atoms with Crippen LogP contribution in [0.15, 0.2) is 12.3 Å². The number of nitrogens with zero attached hydrogens (tertiary/aromatic N) is 1. The fraction of sp³-hybridized carbons (Fsp3) is 0.417. The average molecular weight is 253 g/mol. The molecule has 6 nitrogen and oxygen atoms in total. The zero-order valence-corrected chi connectivity index (χ0v) is 10.7. The molecule has 0 atom stereocenters. The van der Waals surface area contributed by atoms with Gasteiger partial charge in [-0.15, -0.1) is 0 Å². The van der Waals surface area contributed by atoms with E-state index >= 15 is 0 Å². The standard InChI is InChI=1S/C12H15NO5/c1-12(2,3)18-11(16)8-5-7(17-4)6-13-9(8)10(14)15/h5-6H,1-4H3,(H,14,15). The highest BCUT2D eigenvalue weighted by Crippen LogP contribution is 2.19. The quantitative estimate of drug-likeness (QED) is 0.826. The number of hydrogen-bond donors (Lipinski definition) is 1. The van der Waals surface area contributed by atoms with E-state index in [-0.39, 0.29) is 11.3 Å². The summed E-state index contributed by atoms with van der Waals surface area (Å²) < 4.78 is 10.0. The lowest BCUT2D eigenvalue weighted by atomic mass is 10.1. The summed E-state index contributed by atoms with van der Waals surface area (Å²) in [5.41, 5.74) is -1.20. The lowest BCUT2D eigenvalue weighted by Gasteiger charge is -2.20. The molecule has 0 fully saturated rings. The van der Waals surface area contributed by atoms with E-state index in [1.165, 1.54) is 19.4 Å². The first-order valence-corrected chi connectivity index (χ1v) is 5.25. The molecule has 0 radical (unpaired) electrons. The monoisotopic (exact) mass is 253 g/mol. The van der Waals surface area contributed by atoms with Crippen molar-refractivity contribution in [2.45, 2.75) is 26.4 Å². The van der Waals surface area contributed by atoms with E-state index in [1.54, 1.807) is 20.8 Å². The van der Waals surface area contributed by atoms with Crippen molar-refractivity contribution in [2.24, 2.45) is 0 Å². The number of ether oxygens (including phenoxy) is 2. The third kappa shape index (κ3) is 3.44. The number of aromatic carboxylic acids is 1. The van der Waals surface area contributed by atoms with Gasteiger partial charge < -0.3 is 14.6 Å². The predicted octanol–water partition coefficient (Wildman–Crippen LogP) is 1.74. The minimum Gasteiger partial charge on any atom is -0.495 e. The second-order valence-corrected chi connectivity index (χ2v) is 4.58. The van der Waals surface area contributed by atoms with Crippen molar-refractivity contribution in [1.29, 1.82) is 0 Å². The molecule has 0 aliphatic heterocycles. The highest BCUT2D eigenvalue weighted by Gasteiger charge is 2.24. The molecule has 1 aromatic rings. The predicted molar refractivity (Wildman–Crippen MR) is 62.9 cm³/mol. The molecule has 1 heterocycles. The van der Waals surface area contributed by atoms with E-state index in [9.17, 15) is 9.59 Å². The van der Waals surface area contributed by atoms with Gasteiger partial charge in [-0.1, -0.05) is 0 Å².